The smallest absolute Gasteiger partial charge is 0.254 e. The number of carbonyl (C=O) groups is 2. The quantitative estimate of drug-likeness (QED) is 0.668. The van der Waals surface area contributed by atoms with Gasteiger partial charge in [-0.15, -0.1) is 0 Å². The molecule has 0 saturated carbocycles. The van der Waals surface area contributed by atoms with E-state index in [1.54, 1.807) is 23.1 Å². The van der Waals surface area contributed by atoms with E-state index in [2.05, 4.69) is 11.1 Å². The highest BCUT2D eigenvalue weighted by molar-refractivity contribution is 6.35. The summed E-state index contributed by atoms with van der Waals surface area (Å²) in [7, 11) is 0. The molecule has 4 rings (SSSR count). The van der Waals surface area contributed by atoms with Crippen LogP contribution in [0.1, 0.15) is 22.3 Å². The molecule has 2 amide bonds. The maximum Gasteiger partial charge on any atom is 0.254 e. The minimum atomic E-state index is -0.111. The van der Waals surface area contributed by atoms with Crippen molar-refractivity contribution >= 4 is 45.9 Å². The lowest BCUT2D eigenvalue weighted by Crippen LogP contribution is -2.50. The monoisotopic (exact) mass is 429 g/mol. The zero-order valence-corrected chi connectivity index (χ0v) is 17.3. The first-order chi connectivity index (χ1) is 14.0. The Kier molecular flexibility index (Phi) is 5.79. The lowest BCUT2D eigenvalue weighted by Gasteiger charge is -2.35. The van der Waals surface area contributed by atoms with E-state index in [1.807, 2.05) is 29.3 Å². The summed E-state index contributed by atoms with van der Waals surface area (Å²) < 4.78 is 0. The second-order valence-corrected chi connectivity index (χ2v) is 8.06. The number of aromatic amines is 1. The highest BCUT2D eigenvalue weighted by Gasteiger charge is 2.25. The molecule has 0 radical (unpaired) electrons. The van der Waals surface area contributed by atoms with Gasteiger partial charge in [0.2, 0.25) is 5.91 Å². The third-order valence-corrected chi connectivity index (χ3v) is 5.75. The number of carbonyl (C=O) groups excluding carboxylic acids is 2. The number of hydrogen-bond donors (Lipinski definition) is 1. The van der Waals surface area contributed by atoms with Gasteiger partial charge in [-0.1, -0.05) is 41.4 Å². The van der Waals surface area contributed by atoms with Crippen LogP contribution in [0.5, 0.6) is 0 Å². The summed E-state index contributed by atoms with van der Waals surface area (Å²) in [5.74, 6) is 0.00784. The van der Waals surface area contributed by atoms with Crippen LogP contribution in [-0.2, 0) is 11.2 Å². The van der Waals surface area contributed by atoms with Gasteiger partial charge < -0.3 is 14.8 Å². The molecule has 5 nitrogen and oxygen atoms in total. The van der Waals surface area contributed by atoms with Crippen molar-refractivity contribution in [3.05, 3.63) is 69.8 Å². The van der Waals surface area contributed by atoms with Crippen molar-refractivity contribution in [2.45, 2.75) is 12.8 Å². The standard InChI is InChI=1S/C22H21Cl2N3O2/c23-17-11-16(12-18(24)13-17)22(29)27-9-7-26(8-10-27)21(28)6-5-15-14-25-20-4-2-1-3-19(15)20/h1-4,11-14,25H,5-10H2. The number of nitrogens with zero attached hydrogens (tertiary/aromatic N) is 2. The van der Waals surface area contributed by atoms with E-state index in [1.165, 1.54) is 0 Å². The molecule has 1 aliphatic heterocycles. The first-order valence-corrected chi connectivity index (χ1v) is 10.3. The van der Waals surface area contributed by atoms with E-state index in [9.17, 15) is 9.59 Å². The van der Waals surface area contributed by atoms with Crippen LogP contribution in [0.4, 0.5) is 0 Å². The number of aromatic nitrogens is 1. The lowest BCUT2D eigenvalue weighted by atomic mass is 10.1. The number of benzene rings is 2. The Labute approximate surface area is 179 Å². The molecule has 1 saturated heterocycles. The van der Waals surface area contributed by atoms with E-state index >= 15 is 0 Å². The molecule has 0 bridgehead atoms. The van der Waals surface area contributed by atoms with Crippen LogP contribution in [0, 0.1) is 0 Å². The summed E-state index contributed by atoms with van der Waals surface area (Å²) in [5, 5.41) is 2.04. The largest absolute Gasteiger partial charge is 0.361 e. The SMILES string of the molecule is O=C(CCc1c[nH]c2ccccc12)N1CCN(C(=O)c2cc(Cl)cc(Cl)c2)CC1. The number of H-pyrrole nitrogens is 1. The maximum absolute atomic E-state index is 12.7. The van der Waals surface area contributed by atoms with Crippen LogP contribution in [0.25, 0.3) is 10.9 Å². The van der Waals surface area contributed by atoms with E-state index in [0.717, 1.165) is 16.5 Å². The van der Waals surface area contributed by atoms with Gasteiger partial charge in [-0.05, 0) is 36.2 Å². The predicted molar refractivity (Wildman–Crippen MR) is 116 cm³/mol. The Morgan fingerprint density at radius 3 is 2.31 bits per heavy atom. The molecule has 0 unspecified atom stereocenters. The highest BCUT2D eigenvalue weighted by atomic mass is 35.5. The molecule has 2 heterocycles. The Hall–Kier alpha value is -2.50. The molecule has 0 aliphatic carbocycles. The number of fused-ring (bicyclic) bond motifs is 1. The molecule has 29 heavy (non-hydrogen) atoms. The fourth-order valence-corrected chi connectivity index (χ4v) is 4.28. The van der Waals surface area contributed by atoms with Crippen molar-refractivity contribution < 1.29 is 9.59 Å². The summed E-state index contributed by atoms with van der Waals surface area (Å²) in [4.78, 5) is 32.2. The molecule has 1 fully saturated rings. The average Bonchev–Trinajstić information content (AvgIpc) is 3.14. The molecule has 1 aliphatic rings. The summed E-state index contributed by atoms with van der Waals surface area (Å²) in [6.07, 6.45) is 3.13. The van der Waals surface area contributed by atoms with E-state index in [4.69, 9.17) is 23.2 Å². The number of para-hydroxylation sites is 1. The molecule has 7 heteroatoms. The topological polar surface area (TPSA) is 56.4 Å². The predicted octanol–water partition coefficient (Wildman–Crippen LogP) is 4.39. The van der Waals surface area contributed by atoms with Crippen molar-refractivity contribution in [3.8, 4) is 0 Å². The van der Waals surface area contributed by atoms with Crippen molar-refractivity contribution in [3.63, 3.8) is 0 Å². The summed E-state index contributed by atoms with van der Waals surface area (Å²) in [5.41, 5.74) is 2.71. The minimum absolute atomic E-state index is 0.111. The molecule has 0 spiro atoms. The number of amides is 2. The van der Waals surface area contributed by atoms with Crippen molar-refractivity contribution in [2.75, 3.05) is 26.2 Å². The van der Waals surface area contributed by atoms with Crippen LogP contribution in [-0.4, -0.2) is 52.8 Å². The van der Waals surface area contributed by atoms with Gasteiger partial charge in [0.05, 0.1) is 0 Å². The van der Waals surface area contributed by atoms with Gasteiger partial charge in [-0.3, -0.25) is 9.59 Å². The van der Waals surface area contributed by atoms with Gasteiger partial charge in [0.15, 0.2) is 0 Å². The van der Waals surface area contributed by atoms with Gasteiger partial charge in [-0.2, -0.15) is 0 Å². The Morgan fingerprint density at radius 2 is 1.59 bits per heavy atom. The summed E-state index contributed by atoms with van der Waals surface area (Å²) in [6.45, 7) is 2.07. The number of halogens is 2. The first kappa shape index (κ1) is 19.8. The normalized spacial score (nSPS) is 14.4. The van der Waals surface area contributed by atoms with E-state index < -0.39 is 0 Å². The molecule has 2 aromatic carbocycles. The van der Waals surface area contributed by atoms with Crippen LogP contribution >= 0.6 is 23.2 Å². The second kappa shape index (κ2) is 8.47. The maximum atomic E-state index is 12.7. The van der Waals surface area contributed by atoms with E-state index in [-0.39, 0.29) is 11.8 Å². The van der Waals surface area contributed by atoms with Crippen molar-refractivity contribution in [1.29, 1.82) is 0 Å². The molecule has 1 aromatic heterocycles. The number of aryl methyl sites for hydroxylation is 1. The van der Waals surface area contributed by atoms with Gasteiger partial charge >= 0.3 is 0 Å². The number of nitrogens with one attached hydrogen (secondary N) is 1. The minimum Gasteiger partial charge on any atom is -0.361 e. The van der Waals surface area contributed by atoms with Gasteiger partial charge in [-0.25, -0.2) is 0 Å². The van der Waals surface area contributed by atoms with E-state index in [0.29, 0.717) is 54.6 Å². The third kappa shape index (κ3) is 4.41. The zero-order valence-electron chi connectivity index (χ0n) is 15.8. The number of piperazine rings is 1. The molecule has 1 N–H and O–H groups in total. The third-order valence-electron chi connectivity index (χ3n) is 5.31. The molecule has 3 aromatic rings. The highest BCUT2D eigenvalue weighted by Crippen LogP contribution is 2.22. The van der Waals surface area contributed by atoms with Crippen LogP contribution in [0.15, 0.2) is 48.7 Å². The number of hydrogen-bond acceptors (Lipinski definition) is 2. The number of rotatable bonds is 4. The molecular weight excluding hydrogens is 409 g/mol. The van der Waals surface area contributed by atoms with Crippen LogP contribution in [0.3, 0.4) is 0 Å². The lowest BCUT2D eigenvalue weighted by molar-refractivity contribution is -0.132. The van der Waals surface area contributed by atoms with Crippen LogP contribution < -0.4 is 0 Å². The Bertz CT molecular complexity index is 1030. The van der Waals surface area contributed by atoms with Crippen LogP contribution in [0.2, 0.25) is 10.0 Å². The van der Waals surface area contributed by atoms with Crippen molar-refractivity contribution in [1.82, 2.24) is 14.8 Å². The van der Waals surface area contributed by atoms with Gasteiger partial charge in [0.1, 0.15) is 0 Å². The zero-order chi connectivity index (χ0) is 20.4. The average molecular weight is 430 g/mol. The van der Waals surface area contributed by atoms with Gasteiger partial charge in [0.25, 0.3) is 5.91 Å². The molecular formula is C22H21Cl2N3O2. The fraction of sp³-hybridized carbons (Fsp3) is 0.273. The Balaban J connectivity index is 1.32. The van der Waals surface area contributed by atoms with Gasteiger partial charge in [0, 0.05) is 65.3 Å². The second-order valence-electron chi connectivity index (χ2n) is 7.19. The first-order valence-electron chi connectivity index (χ1n) is 9.59. The van der Waals surface area contributed by atoms with Crippen molar-refractivity contribution in [2.24, 2.45) is 0 Å². The molecule has 150 valence electrons. The Morgan fingerprint density at radius 1 is 0.931 bits per heavy atom. The summed E-state index contributed by atoms with van der Waals surface area (Å²) >= 11 is 12.0. The summed E-state index contributed by atoms with van der Waals surface area (Å²) in [6, 6.07) is 12.9. The fourth-order valence-electron chi connectivity index (χ4n) is 3.76. The molecule has 0 atom stereocenters.